The van der Waals surface area contributed by atoms with Crippen molar-refractivity contribution in [2.45, 2.75) is 45.6 Å². The SMILES string of the molecule is C[C@@H]1CN(C(=O)OC(C)(C)C)CC[C@@H]1c1c(F)c(Cl)cc2c(Cl)coc12. The van der Waals surface area contributed by atoms with Gasteiger partial charge in [0.1, 0.15) is 23.3 Å². The number of furan rings is 1. The van der Waals surface area contributed by atoms with Crippen molar-refractivity contribution in [3.05, 3.63) is 33.8 Å². The molecule has 0 spiro atoms. The molecule has 0 radical (unpaired) electrons. The summed E-state index contributed by atoms with van der Waals surface area (Å²) in [4.78, 5) is 14.0. The molecular formula is C19H22Cl2FNO3. The summed E-state index contributed by atoms with van der Waals surface area (Å²) in [5.74, 6) is -0.596. The predicted octanol–water partition coefficient (Wildman–Crippen LogP) is 6.24. The molecule has 3 rings (SSSR count). The first kappa shape index (κ1) is 19.3. The number of amides is 1. The van der Waals surface area contributed by atoms with E-state index in [4.69, 9.17) is 32.4 Å². The molecule has 2 atom stereocenters. The van der Waals surface area contributed by atoms with Gasteiger partial charge in [0.05, 0.1) is 10.0 Å². The normalized spacial score (nSPS) is 21.3. The maximum absolute atomic E-state index is 14.8. The van der Waals surface area contributed by atoms with Gasteiger partial charge in [0.25, 0.3) is 0 Å². The van der Waals surface area contributed by atoms with Gasteiger partial charge in [-0.2, -0.15) is 0 Å². The van der Waals surface area contributed by atoms with Gasteiger partial charge in [-0.25, -0.2) is 9.18 Å². The summed E-state index contributed by atoms with van der Waals surface area (Å²) in [5, 5.41) is 1.04. The average Bonchev–Trinajstić information content (AvgIpc) is 2.88. The number of carbonyl (C=O) groups excluding carboxylic acids is 1. The number of halogens is 3. The minimum atomic E-state index is -0.548. The van der Waals surface area contributed by atoms with Crippen molar-refractivity contribution in [2.75, 3.05) is 13.1 Å². The van der Waals surface area contributed by atoms with Gasteiger partial charge >= 0.3 is 6.09 Å². The van der Waals surface area contributed by atoms with Crippen LogP contribution in [-0.2, 0) is 4.74 Å². The molecular weight excluding hydrogens is 380 g/mol. The van der Waals surface area contributed by atoms with Crippen LogP contribution in [0, 0.1) is 11.7 Å². The van der Waals surface area contributed by atoms with E-state index in [1.807, 2.05) is 27.7 Å². The number of piperidine rings is 1. The zero-order valence-corrected chi connectivity index (χ0v) is 16.7. The summed E-state index contributed by atoms with van der Waals surface area (Å²) in [5.41, 5.74) is 0.322. The highest BCUT2D eigenvalue weighted by Gasteiger charge is 2.35. The zero-order chi connectivity index (χ0) is 19.2. The second-order valence-electron chi connectivity index (χ2n) is 7.85. The Balaban J connectivity index is 1.88. The lowest BCUT2D eigenvalue weighted by Gasteiger charge is -2.37. The van der Waals surface area contributed by atoms with Gasteiger partial charge in [0.15, 0.2) is 0 Å². The number of carbonyl (C=O) groups is 1. The van der Waals surface area contributed by atoms with Crippen LogP contribution in [0.3, 0.4) is 0 Å². The maximum Gasteiger partial charge on any atom is 0.410 e. The van der Waals surface area contributed by atoms with E-state index in [1.165, 1.54) is 12.3 Å². The predicted molar refractivity (Wildman–Crippen MR) is 101 cm³/mol. The lowest BCUT2D eigenvalue weighted by molar-refractivity contribution is 0.0154. The first-order valence-electron chi connectivity index (χ1n) is 8.61. The first-order valence-corrected chi connectivity index (χ1v) is 9.36. The van der Waals surface area contributed by atoms with Gasteiger partial charge in [-0.15, -0.1) is 0 Å². The molecule has 0 unspecified atom stereocenters. The Morgan fingerprint density at radius 2 is 2.04 bits per heavy atom. The molecule has 1 aliphatic rings. The third-order valence-corrected chi connectivity index (χ3v) is 5.24. The third kappa shape index (κ3) is 3.65. The zero-order valence-electron chi connectivity index (χ0n) is 15.2. The van der Waals surface area contributed by atoms with Crippen molar-refractivity contribution in [1.29, 1.82) is 0 Å². The highest BCUT2D eigenvalue weighted by Crippen LogP contribution is 2.42. The van der Waals surface area contributed by atoms with Crippen LogP contribution in [0.2, 0.25) is 10.0 Å². The topological polar surface area (TPSA) is 42.7 Å². The smallest absolute Gasteiger partial charge is 0.410 e. The largest absolute Gasteiger partial charge is 0.462 e. The summed E-state index contributed by atoms with van der Waals surface area (Å²) in [6.07, 6.45) is 1.64. The number of fused-ring (bicyclic) bond motifs is 1. The van der Waals surface area contributed by atoms with Gasteiger partial charge in [-0.05, 0) is 45.1 Å². The number of rotatable bonds is 1. The number of likely N-dealkylation sites (tertiary alicyclic amines) is 1. The van der Waals surface area contributed by atoms with Crippen LogP contribution < -0.4 is 0 Å². The van der Waals surface area contributed by atoms with E-state index in [0.29, 0.717) is 41.1 Å². The summed E-state index contributed by atoms with van der Waals surface area (Å²) in [6.45, 7) is 8.44. The van der Waals surface area contributed by atoms with Crippen LogP contribution in [0.5, 0.6) is 0 Å². The van der Waals surface area contributed by atoms with Crippen molar-refractivity contribution in [1.82, 2.24) is 4.90 Å². The van der Waals surface area contributed by atoms with Gasteiger partial charge in [0.2, 0.25) is 0 Å². The Morgan fingerprint density at radius 3 is 2.65 bits per heavy atom. The maximum atomic E-state index is 14.8. The molecule has 1 fully saturated rings. The van der Waals surface area contributed by atoms with Gasteiger partial charge in [-0.1, -0.05) is 30.1 Å². The van der Waals surface area contributed by atoms with Crippen molar-refractivity contribution < 1.29 is 18.3 Å². The highest BCUT2D eigenvalue weighted by atomic mass is 35.5. The summed E-state index contributed by atoms with van der Waals surface area (Å²) in [7, 11) is 0. The molecule has 1 amide bonds. The minimum absolute atomic E-state index is 0.0105. The standard InChI is InChI=1S/C19H22Cl2FNO3/c1-10-8-23(18(24)26-19(2,3)4)6-5-11(10)15-16(22)13(20)7-12-14(21)9-25-17(12)15/h7,9-11H,5-6,8H2,1-4H3/t10-,11+/m1/s1. The number of nitrogens with zero attached hydrogens (tertiary/aromatic N) is 1. The van der Waals surface area contributed by atoms with Crippen LogP contribution in [-0.4, -0.2) is 29.7 Å². The number of ether oxygens (including phenoxy) is 1. The molecule has 142 valence electrons. The van der Waals surface area contributed by atoms with Crippen molar-refractivity contribution in [2.24, 2.45) is 5.92 Å². The molecule has 26 heavy (non-hydrogen) atoms. The highest BCUT2D eigenvalue weighted by molar-refractivity contribution is 6.37. The molecule has 2 heterocycles. The summed E-state index contributed by atoms with van der Waals surface area (Å²) < 4.78 is 25.8. The van der Waals surface area contributed by atoms with Crippen LogP contribution in [0.1, 0.15) is 45.6 Å². The molecule has 7 heteroatoms. The number of hydrogen-bond acceptors (Lipinski definition) is 3. The summed E-state index contributed by atoms with van der Waals surface area (Å²) >= 11 is 12.2. The quantitative estimate of drug-likeness (QED) is 0.567. The Kier molecular flexibility index (Phi) is 5.15. The minimum Gasteiger partial charge on any atom is -0.462 e. The molecule has 1 aromatic carbocycles. The molecule has 0 aliphatic carbocycles. The Hall–Kier alpha value is -1.46. The average molecular weight is 402 g/mol. The van der Waals surface area contributed by atoms with E-state index < -0.39 is 11.4 Å². The Morgan fingerprint density at radius 1 is 1.35 bits per heavy atom. The fraction of sp³-hybridized carbons (Fsp3) is 0.526. The first-order chi connectivity index (χ1) is 12.1. The van der Waals surface area contributed by atoms with Gasteiger partial charge < -0.3 is 14.1 Å². The molecule has 1 aliphatic heterocycles. The fourth-order valence-electron chi connectivity index (χ4n) is 3.51. The third-order valence-electron chi connectivity index (χ3n) is 4.67. The van der Waals surface area contributed by atoms with E-state index in [0.717, 1.165) is 0 Å². The molecule has 0 saturated carbocycles. The Labute approximate surface area is 162 Å². The second kappa shape index (κ2) is 6.93. The Bertz CT molecular complexity index is 843. The molecule has 1 saturated heterocycles. The van der Waals surface area contributed by atoms with Gasteiger partial charge in [-0.3, -0.25) is 0 Å². The molecule has 0 N–H and O–H groups in total. The molecule has 4 nitrogen and oxygen atoms in total. The monoisotopic (exact) mass is 401 g/mol. The fourth-order valence-corrected chi connectivity index (χ4v) is 3.90. The van der Waals surface area contributed by atoms with Crippen LogP contribution in [0.25, 0.3) is 11.0 Å². The van der Waals surface area contributed by atoms with Crippen molar-refractivity contribution in [3.63, 3.8) is 0 Å². The van der Waals surface area contributed by atoms with Crippen LogP contribution in [0.15, 0.2) is 16.7 Å². The van der Waals surface area contributed by atoms with Crippen LogP contribution in [0.4, 0.5) is 9.18 Å². The lowest BCUT2D eigenvalue weighted by atomic mass is 9.81. The van der Waals surface area contributed by atoms with Crippen LogP contribution >= 0.6 is 23.2 Å². The van der Waals surface area contributed by atoms with E-state index in [9.17, 15) is 9.18 Å². The second-order valence-corrected chi connectivity index (χ2v) is 8.66. The number of benzene rings is 1. The van der Waals surface area contributed by atoms with E-state index in [-0.39, 0.29) is 23.0 Å². The van der Waals surface area contributed by atoms with Gasteiger partial charge in [0, 0.05) is 24.0 Å². The summed E-state index contributed by atoms with van der Waals surface area (Å²) in [6, 6.07) is 1.49. The lowest BCUT2D eigenvalue weighted by Crippen LogP contribution is -2.44. The molecule has 0 bridgehead atoms. The van der Waals surface area contributed by atoms with E-state index in [1.54, 1.807) is 4.90 Å². The number of hydrogen-bond donors (Lipinski definition) is 0. The molecule has 2 aromatic rings. The van der Waals surface area contributed by atoms with Crippen molar-refractivity contribution >= 4 is 40.3 Å². The van der Waals surface area contributed by atoms with E-state index in [2.05, 4.69) is 0 Å². The molecule has 1 aromatic heterocycles. The van der Waals surface area contributed by atoms with Crippen molar-refractivity contribution in [3.8, 4) is 0 Å². The van der Waals surface area contributed by atoms with E-state index >= 15 is 0 Å².